The summed E-state index contributed by atoms with van der Waals surface area (Å²) in [5.41, 5.74) is 1.54. The number of likely N-dealkylation sites (tertiary alicyclic amines) is 1. The third-order valence-corrected chi connectivity index (χ3v) is 4.02. The summed E-state index contributed by atoms with van der Waals surface area (Å²) in [4.78, 5) is 25.2. The summed E-state index contributed by atoms with van der Waals surface area (Å²) >= 11 is 0. The zero-order valence-electron chi connectivity index (χ0n) is 12.6. The number of hydrogen-bond acceptors (Lipinski definition) is 2. The summed E-state index contributed by atoms with van der Waals surface area (Å²) in [5, 5.41) is 11.9. The number of nitrogens with zero attached hydrogens (tertiary/aromatic N) is 1. The van der Waals surface area contributed by atoms with Gasteiger partial charge in [-0.1, -0.05) is 12.8 Å². The molecule has 1 aliphatic rings. The molecule has 1 aromatic carbocycles. The number of nitrogens with one attached hydrogen (secondary N) is 1. The highest BCUT2D eigenvalue weighted by Crippen LogP contribution is 2.19. The lowest BCUT2D eigenvalue weighted by Crippen LogP contribution is -2.41. The van der Waals surface area contributed by atoms with Crippen molar-refractivity contribution < 1.29 is 14.7 Å². The van der Waals surface area contributed by atoms with E-state index >= 15 is 0 Å². The fourth-order valence-electron chi connectivity index (χ4n) is 2.75. The molecule has 1 saturated heterocycles. The van der Waals surface area contributed by atoms with Gasteiger partial charge in [-0.25, -0.2) is 9.59 Å². The first-order valence-corrected chi connectivity index (χ1v) is 7.40. The third-order valence-electron chi connectivity index (χ3n) is 4.02. The van der Waals surface area contributed by atoms with Crippen molar-refractivity contribution in [3.05, 3.63) is 29.3 Å². The van der Waals surface area contributed by atoms with Crippen molar-refractivity contribution >= 4 is 17.7 Å². The van der Waals surface area contributed by atoms with Gasteiger partial charge in [-0.3, -0.25) is 0 Å². The number of carbonyl (C=O) groups is 2. The van der Waals surface area contributed by atoms with E-state index < -0.39 is 5.97 Å². The Morgan fingerprint density at radius 3 is 2.71 bits per heavy atom. The number of amides is 2. The largest absolute Gasteiger partial charge is 0.478 e. The van der Waals surface area contributed by atoms with Gasteiger partial charge in [-0.15, -0.1) is 0 Å². The number of hydrogen-bond donors (Lipinski definition) is 2. The number of carboxylic acids is 1. The molecular weight excluding hydrogens is 268 g/mol. The zero-order chi connectivity index (χ0) is 15.4. The second-order valence-electron chi connectivity index (χ2n) is 5.66. The second kappa shape index (κ2) is 6.61. The summed E-state index contributed by atoms with van der Waals surface area (Å²) in [5.74, 6) is -0.952. The fourth-order valence-corrected chi connectivity index (χ4v) is 2.75. The first-order valence-electron chi connectivity index (χ1n) is 7.40. The smallest absolute Gasteiger partial charge is 0.335 e. The van der Waals surface area contributed by atoms with Gasteiger partial charge in [0.25, 0.3) is 0 Å². The topological polar surface area (TPSA) is 69.6 Å². The predicted octanol–water partition coefficient (Wildman–Crippen LogP) is 3.49. The summed E-state index contributed by atoms with van der Waals surface area (Å²) in [6.07, 6.45) is 4.40. The molecule has 0 radical (unpaired) electrons. The molecule has 1 aliphatic heterocycles. The maximum Gasteiger partial charge on any atom is 0.335 e. The molecule has 0 aromatic heterocycles. The minimum absolute atomic E-state index is 0.105. The van der Waals surface area contributed by atoms with Crippen LogP contribution in [0.1, 0.15) is 48.5 Å². The quantitative estimate of drug-likeness (QED) is 0.876. The summed E-state index contributed by atoms with van der Waals surface area (Å²) in [6.45, 7) is 4.58. The highest BCUT2D eigenvalue weighted by molar-refractivity contribution is 5.92. The van der Waals surface area contributed by atoms with Crippen molar-refractivity contribution in [2.45, 2.75) is 45.6 Å². The number of urea groups is 1. The van der Waals surface area contributed by atoms with Crippen LogP contribution in [0.5, 0.6) is 0 Å². The SMILES string of the molecule is Cc1cc(NC(=O)N2CCCCCC2C)ccc1C(=O)O. The van der Waals surface area contributed by atoms with Crippen LogP contribution >= 0.6 is 0 Å². The Kier molecular flexibility index (Phi) is 4.83. The van der Waals surface area contributed by atoms with E-state index in [0.717, 1.165) is 25.8 Å². The van der Waals surface area contributed by atoms with Gasteiger partial charge in [0.15, 0.2) is 0 Å². The van der Waals surface area contributed by atoms with Gasteiger partial charge >= 0.3 is 12.0 Å². The summed E-state index contributed by atoms with van der Waals surface area (Å²) in [7, 11) is 0. The van der Waals surface area contributed by atoms with Crippen molar-refractivity contribution in [3.63, 3.8) is 0 Å². The van der Waals surface area contributed by atoms with Crippen molar-refractivity contribution in [2.24, 2.45) is 0 Å². The van der Waals surface area contributed by atoms with Gasteiger partial charge in [0, 0.05) is 18.3 Å². The van der Waals surface area contributed by atoms with E-state index in [1.807, 2.05) is 4.90 Å². The number of aromatic carboxylic acids is 1. The Morgan fingerprint density at radius 1 is 1.29 bits per heavy atom. The Morgan fingerprint density at radius 2 is 2.05 bits per heavy atom. The molecular formula is C16H22N2O3. The maximum absolute atomic E-state index is 12.4. The molecule has 0 aliphatic carbocycles. The van der Waals surface area contributed by atoms with Crippen LogP contribution in [0.3, 0.4) is 0 Å². The number of anilines is 1. The molecule has 5 heteroatoms. The zero-order valence-corrected chi connectivity index (χ0v) is 12.6. The molecule has 0 saturated carbocycles. The van der Waals surface area contributed by atoms with Crippen LogP contribution in [-0.4, -0.2) is 34.6 Å². The van der Waals surface area contributed by atoms with E-state index in [4.69, 9.17) is 5.11 Å². The second-order valence-corrected chi connectivity index (χ2v) is 5.66. The van der Waals surface area contributed by atoms with E-state index in [1.54, 1.807) is 19.1 Å². The molecule has 2 amide bonds. The number of aryl methyl sites for hydroxylation is 1. The highest BCUT2D eigenvalue weighted by atomic mass is 16.4. The lowest BCUT2D eigenvalue weighted by molar-refractivity contribution is 0.0696. The Balaban J connectivity index is 2.08. The van der Waals surface area contributed by atoms with Gasteiger partial charge in [0.05, 0.1) is 5.56 Å². The third kappa shape index (κ3) is 3.74. The lowest BCUT2D eigenvalue weighted by Gasteiger charge is -2.27. The van der Waals surface area contributed by atoms with Gasteiger partial charge in [-0.05, 0) is 50.5 Å². The fraction of sp³-hybridized carbons (Fsp3) is 0.500. The Hall–Kier alpha value is -2.04. The van der Waals surface area contributed by atoms with Crippen molar-refractivity contribution in [1.82, 2.24) is 4.90 Å². The summed E-state index contributed by atoms with van der Waals surface area (Å²) < 4.78 is 0. The maximum atomic E-state index is 12.4. The molecule has 114 valence electrons. The monoisotopic (exact) mass is 290 g/mol. The van der Waals surface area contributed by atoms with E-state index in [9.17, 15) is 9.59 Å². The summed E-state index contributed by atoms with van der Waals surface area (Å²) in [6, 6.07) is 5.00. The number of rotatable bonds is 2. The van der Waals surface area contributed by atoms with E-state index in [2.05, 4.69) is 12.2 Å². The molecule has 1 fully saturated rings. The average molecular weight is 290 g/mol. The molecule has 1 heterocycles. The Bertz CT molecular complexity index is 542. The highest BCUT2D eigenvalue weighted by Gasteiger charge is 2.22. The van der Waals surface area contributed by atoms with Gasteiger partial charge in [-0.2, -0.15) is 0 Å². The van der Waals surface area contributed by atoms with Crippen LogP contribution in [0.15, 0.2) is 18.2 Å². The predicted molar refractivity (Wildman–Crippen MR) is 81.8 cm³/mol. The minimum Gasteiger partial charge on any atom is -0.478 e. The van der Waals surface area contributed by atoms with Crippen LogP contribution in [0.4, 0.5) is 10.5 Å². The van der Waals surface area contributed by atoms with Crippen LogP contribution in [0.2, 0.25) is 0 Å². The van der Waals surface area contributed by atoms with E-state index in [0.29, 0.717) is 11.3 Å². The van der Waals surface area contributed by atoms with E-state index in [1.165, 1.54) is 12.5 Å². The minimum atomic E-state index is -0.952. The molecule has 0 bridgehead atoms. The average Bonchev–Trinajstić information content (AvgIpc) is 2.63. The van der Waals surface area contributed by atoms with Crippen molar-refractivity contribution in [1.29, 1.82) is 0 Å². The molecule has 1 unspecified atom stereocenters. The molecule has 2 N–H and O–H groups in total. The van der Waals surface area contributed by atoms with Crippen LogP contribution in [-0.2, 0) is 0 Å². The first kappa shape index (κ1) is 15.4. The van der Waals surface area contributed by atoms with Gasteiger partial charge < -0.3 is 15.3 Å². The number of carbonyl (C=O) groups excluding carboxylic acids is 1. The normalized spacial score (nSPS) is 19.0. The van der Waals surface area contributed by atoms with Crippen molar-refractivity contribution in [2.75, 3.05) is 11.9 Å². The van der Waals surface area contributed by atoms with Crippen LogP contribution < -0.4 is 5.32 Å². The Labute approximate surface area is 125 Å². The van der Waals surface area contributed by atoms with E-state index in [-0.39, 0.29) is 17.6 Å². The number of benzene rings is 1. The van der Waals surface area contributed by atoms with Gasteiger partial charge in [0.2, 0.25) is 0 Å². The molecule has 5 nitrogen and oxygen atoms in total. The number of carboxylic acid groups (broad SMARTS) is 1. The van der Waals surface area contributed by atoms with Crippen LogP contribution in [0.25, 0.3) is 0 Å². The molecule has 2 rings (SSSR count). The first-order chi connectivity index (χ1) is 9.99. The molecule has 0 spiro atoms. The lowest BCUT2D eigenvalue weighted by atomic mass is 10.1. The van der Waals surface area contributed by atoms with Crippen molar-refractivity contribution in [3.8, 4) is 0 Å². The van der Waals surface area contributed by atoms with Crippen LogP contribution in [0, 0.1) is 6.92 Å². The molecule has 21 heavy (non-hydrogen) atoms. The molecule has 1 aromatic rings. The molecule has 1 atom stereocenters. The van der Waals surface area contributed by atoms with Gasteiger partial charge in [0.1, 0.15) is 0 Å². The standard InChI is InChI=1S/C16H22N2O3/c1-11-10-13(7-8-14(11)15(19)20)17-16(21)18-9-5-3-4-6-12(18)2/h7-8,10,12H,3-6,9H2,1-2H3,(H,17,21)(H,19,20).